The van der Waals surface area contributed by atoms with E-state index in [0.29, 0.717) is 0 Å². The molecule has 0 aliphatic carbocycles. The zero-order chi connectivity index (χ0) is 23.9. The van der Waals surface area contributed by atoms with Gasteiger partial charge in [-0.2, -0.15) is 0 Å². The SMILES string of the molecule is Nc1nc(C(=O)NC(CC(=O)O)C(=O)O)c(N)nc1C(=O)NC(CC(=O)O)CC(=O)O. The smallest absolute Gasteiger partial charge is 0.326 e. The molecular weight excluding hydrogens is 424 g/mol. The van der Waals surface area contributed by atoms with Crippen molar-refractivity contribution in [2.45, 2.75) is 31.3 Å². The molecule has 16 heteroatoms. The molecule has 1 aromatic rings. The van der Waals surface area contributed by atoms with Crippen LogP contribution in [0.25, 0.3) is 0 Å². The normalized spacial score (nSPS) is 11.4. The van der Waals surface area contributed by atoms with Crippen molar-refractivity contribution in [3.8, 4) is 0 Å². The van der Waals surface area contributed by atoms with E-state index in [1.54, 1.807) is 0 Å². The second-order valence-corrected chi connectivity index (χ2v) is 6.02. The zero-order valence-corrected chi connectivity index (χ0v) is 15.6. The number of nitrogens with two attached hydrogens (primary N) is 2. The number of nitrogen functional groups attached to an aromatic ring is 2. The first-order valence-electron chi connectivity index (χ1n) is 8.24. The van der Waals surface area contributed by atoms with Gasteiger partial charge in [-0.1, -0.05) is 0 Å². The van der Waals surface area contributed by atoms with Gasteiger partial charge in [-0.15, -0.1) is 0 Å². The van der Waals surface area contributed by atoms with Crippen LogP contribution in [0.3, 0.4) is 0 Å². The number of carboxylic acids is 4. The molecule has 0 aliphatic rings. The number of carbonyl (C=O) groups is 6. The lowest BCUT2D eigenvalue weighted by Gasteiger charge is -2.16. The second-order valence-electron chi connectivity index (χ2n) is 6.02. The fraction of sp³-hybridized carbons (Fsp3) is 0.333. The summed E-state index contributed by atoms with van der Waals surface area (Å²) < 4.78 is 0. The van der Waals surface area contributed by atoms with Crippen LogP contribution in [0.15, 0.2) is 0 Å². The molecule has 31 heavy (non-hydrogen) atoms. The first-order chi connectivity index (χ1) is 14.3. The fourth-order valence-corrected chi connectivity index (χ4v) is 2.25. The number of hydrogen-bond acceptors (Lipinski definition) is 10. The maximum Gasteiger partial charge on any atom is 0.326 e. The molecule has 0 saturated carbocycles. The van der Waals surface area contributed by atoms with Crippen molar-refractivity contribution in [1.29, 1.82) is 0 Å². The van der Waals surface area contributed by atoms with Gasteiger partial charge < -0.3 is 42.5 Å². The van der Waals surface area contributed by atoms with Crippen LogP contribution >= 0.6 is 0 Å². The number of anilines is 2. The van der Waals surface area contributed by atoms with E-state index in [0.717, 1.165) is 0 Å². The maximum absolute atomic E-state index is 12.3. The van der Waals surface area contributed by atoms with Gasteiger partial charge in [0.1, 0.15) is 6.04 Å². The van der Waals surface area contributed by atoms with Crippen LogP contribution in [-0.4, -0.2) is 78.2 Å². The molecular formula is C15H18N6O10. The molecule has 1 heterocycles. The van der Waals surface area contributed by atoms with Gasteiger partial charge in [0.2, 0.25) is 0 Å². The van der Waals surface area contributed by atoms with Gasteiger partial charge in [0.25, 0.3) is 11.8 Å². The third-order valence-electron chi connectivity index (χ3n) is 3.54. The van der Waals surface area contributed by atoms with Crippen molar-refractivity contribution in [3.63, 3.8) is 0 Å². The Morgan fingerprint density at radius 3 is 1.45 bits per heavy atom. The zero-order valence-electron chi connectivity index (χ0n) is 15.6. The van der Waals surface area contributed by atoms with E-state index in [-0.39, 0.29) is 0 Å². The molecule has 0 aromatic carbocycles. The molecule has 0 saturated heterocycles. The molecule has 1 rings (SSSR count). The Morgan fingerprint density at radius 2 is 1.10 bits per heavy atom. The summed E-state index contributed by atoms with van der Waals surface area (Å²) in [6.45, 7) is 0. The summed E-state index contributed by atoms with van der Waals surface area (Å²) in [6, 6.07) is -3.14. The molecule has 16 nitrogen and oxygen atoms in total. The molecule has 168 valence electrons. The van der Waals surface area contributed by atoms with E-state index in [9.17, 15) is 28.8 Å². The lowest BCUT2D eigenvalue weighted by molar-refractivity contribution is -0.145. The number of hydrogen-bond donors (Lipinski definition) is 8. The lowest BCUT2D eigenvalue weighted by atomic mass is 10.1. The largest absolute Gasteiger partial charge is 0.481 e. The van der Waals surface area contributed by atoms with Crippen LogP contribution in [0.4, 0.5) is 11.6 Å². The molecule has 0 aliphatic heterocycles. The Kier molecular flexibility index (Phi) is 8.17. The van der Waals surface area contributed by atoms with Gasteiger partial charge in [-0.3, -0.25) is 24.0 Å². The number of nitrogens with zero attached hydrogens (tertiary/aromatic N) is 2. The first kappa shape index (κ1) is 24.5. The highest BCUT2D eigenvalue weighted by atomic mass is 16.4. The van der Waals surface area contributed by atoms with Gasteiger partial charge in [-0.25, -0.2) is 14.8 Å². The average molecular weight is 442 g/mol. The molecule has 0 bridgehead atoms. The molecule has 1 unspecified atom stereocenters. The van der Waals surface area contributed by atoms with Gasteiger partial charge in [0.05, 0.1) is 25.3 Å². The minimum absolute atomic E-state index is 0.643. The summed E-state index contributed by atoms with van der Waals surface area (Å²) in [7, 11) is 0. The Morgan fingerprint density at radius 1 is 0.710 bits per heavy atom. The highest BCUT2D eigenvalue weighted by molar-refractivity contribution is 6.02. The quantitative estimate of drug-likeness (QED) is 0.174. The summed E-state index contributed by atoms with van der Waals surface area (Å²) >= 11 is 0. The van der Waals surface area contributed by atoms with E-state index in [1.165, 1.54) is 0 Å². The molecule has 1 aromatic heterocycles. The highest BCUT2D eigenvalue weighted by Gasteiger charge is 2.28. The number of aromatic nitrogens is 2. The Balaban J connectivity index is 3.09. The number of amides is 2. The summed E-state index contributed by atoms with van der Waals surface area (Å²) in [5, 5.41) is 39.2. The van der Waals surface area contributed by atoms with Crippen LogP contribution in [0.1, 0.15) is 40.2 Å². The molecule has 10 N–H and O–H groups in total. The van der Waals surface area contributed by atoms with Gasteiger partial charge >= 0.3 is 23.9 Å². The molecule has 0 spiro atoms. The second kappa shape index (κ2) is 10.3. The van der Waals surface area contributed by atoms with Gasteiger partial charge in [0.15, 0.2) is 23.0 Å². The topological polar surface area (TPSA) is 285 Å². The standard InChI is InChI=1S/C15H18N6O10/c16-11-9(13(28)18-4(1-6(22)23)2-7(24)25)20-12(17)10(21-11)14(29)19-5(15(30)31)3-8(26)27/h4-5H,1-3H2,(H2,16,21)(H2,17,20)(H,18,28)(H,19,29)(H,22,23)(H,24,25)(H,26,27)(H,30,31). The van der Waals surface area contributed by atoms with Crippen molar-refractivity contribution in [3.05, 3.63) is 11.4 Å². The van der Waals surface area contributed by atoms with Crippen molar-refractivity contribution < 1.29 is 49.2 Å². The minimum Gasteiger partial charge on any atom is -0.481 e. The van der Waals surface area contributed by atoms with Crippen molar-refractivity contribution in [2.24, 2.45) is 0 Å². The summed E-state index contributed by atoms with van der Waals surface area (Å²) in [5.74, 6) is -9.60. The maximum atomic E-state index is 12.3. The lowest BCUT2D eigenvalue weighted by Crippen LogP contribution is -2.43. The van der Waals surface area contributed by atoms with Gasteiger partial charge in [-0.05, 0) is 0 Å². The Bertz CT molecular complexity index is 917. The van der Waals surface area contributed by atoms with E-state index in [1.807, 2.05) is 5.32 Å². The predicted molar refractivity (Wildman–Crippen MR) is 97.8 cm³/mol. The summed E-state index contributed by atoms with van der Waals surface area (Å²) in [6.07, 6.45) is -2.39. The van der Waals surface area contributed by atoms with Crippen molar-refractivity contribution in [2.75, 3.05) is 11.5 Å². The molecule has 1 atom stereocenters. The minimum atomic E-state index is -1.82. The molecule has 2 amide bonds. The average Bonchev–Trinajstić information content (AvgIpc) is 2.60. The van der Waals surface area contributed by atoms with Crippen molar-refractivity contribution >= 4 is 47.3 Å². The van der Waals surface area contributed by atoms with E-state index < -0.39 is 90.1 Å². The Hall–Kier alpha value is -4.50. The van der Waals surface area contributed by atoms with E-state index in [4.69, 9.17) is 31.9 Å². The van der Waals surface area contributed by atoms with Crippen LogP contribution in [0.2, 0.25) is 0 Å². The van der Waals surface area contributed by atoms with E-state index >= 15 is 0 Å². The number of aliphatic carboxylic acids is 4. The van der Waals surface area contributed by atoms with Crippen LogP contribution < -0.4 is 22.1 Å². The number of carbonyl (C=O) groups excluding carboxylic acids is 2. The molecule has 0 fully saturated rings. The summed E-state index contributed by atoms with van der Waals surface area (Å²) in [4.78, 5) is 75.0. The number of rotatable bonds is 11. The van der Waals surface area contributed by atoms with Crippen molar-refractivity contribution in [1.82, 2.24) is 20.6 Å². The monoisotopic (exact) mass is 442 g/mol. The number of carboxylic acid groups (broad SMARTS) is 4. The van der Waals surface area contributed by atoms with Gasteiger partial charge in [0, 0.05) is 0 Å². The first-order valence-corrected chi connectivity index (χ1v) is 8.24. The van der Waals surface area contributed by atoms with Crippen LogP contribution in [0.5, 0.6) is 0 Å². The highest BCUT2D eigenvalue weighted by Crippen LogP contribution is 2.14. The fourth-order valence-electron chi connectivity index (χ4n) is 2.25. The third kappa shape index (κ3) is 7.44. The molecule has 0 radical (unpaired) electrons. The van der Waals surface area contributed by atoms with E-state index in [2.05, 4.69) is 15.3 Å². The summed E-state index contributed by atoms with van der Waals surface area (Å²) in [5.41, 5.74) is 9.78. The van der Waals surface area contributed by atoms with Crippen LogP contribution in [-0.2, 0) is 19.2 Å². The Labute approximate surface area is 172 Å². The van der Waals surface area contributed by atoms with Crippen LogP contribution in [0, 0.1) is 0 Å². The predicted octanol–water partition coefficient (Wildman–Crippen LogP) is -2.65. The number of nitrogens with one attached hydrogen (secondary N) is 2. The third-order valence-corrected chi connectivity index (χ3v) is 3.54.